The van der Waals surface area contributed by atoms with Gasteiger partial charge in [0, 0.05) is 12.3 Å². The Balaban J connectivity index is 4.63. The zero-order valence-corrected chi connectivity index (χ0v) is 12.3. The zero-order chi connectivity index (χ0) is 14.4. The van der Waals surface area contributed by atoms with E-state index in [9.17, 15) is 9.90 Å². The largest absolute Gasteiger partial charge is 0.394 e. The van der Waals surface area contributed by atoms with Crippen LogP contribution in [0, 0.1) is 10.8 Å². The summed E-state index contributed by atoms with van der Waals surface area (Å²) < 4.78 is 0. The molecule has 0 bridgehead atoms. The van der Waals surface area contributed by atoms with Gasteiger partial charge in [-0.05, 0) is 18.8 Å². The van der Waals surface area contributed by atoms with Crippen LogP contribution in [0.25, 0.3) is 0 Å². The van der Waals surface area contributed by atoms with Gasteiger partial charge in [0.05, 0.1) is 18.1 Å². The van der Waals surface area contributed by atoms with Gasteiger partial charge in [0.25, 0.3) is 0 Å². The minimum absolute atomic E-state index is 0.0488. The molecule has 0 aliphatic rings. The van der Waals surface area contributed by atoms with Gasteiger partial charge in [0.1, 0.15) is 0 Å². The number of aliphatic hydroxyl groups is 2. The number of nitrogens with one attached hydrogen (secondary N) is 1. The van der Waals surface area contributed by atoms with Gasteiger partial charge >= 0.3 is 0 Å². The van der Waals surface area contributed by atoms with Gasteiger partial charge in [-0.15, -0.1) is 6.58 Å². The molecule has 106 valence electrons. The van der Waals surface area contributed by atoms with Crippen molar-refractivity contribution in [1.29, 1.82) is 0 Å². The van der Waals surface area contributed by atoms with Crippen molar-refractivity contribution in [2.75, 3.05) is 18.9 Å². The molecule has 5 heteroatoms. The Hall–Kier alpha value is -0.520. The lowest BCUT2D eigenvalue weighted by Crippen LogP contribution is -2.45. The number of aliphatic hydroxyl groups excluding tert-OH is 2. The third-order valence-electron chi connectivity index (χ3n) is 3.00. The molecule has 0 aliphatic carbocycles. The quantitative estimate of drug-likeness (QED) is 0.394. The minimum atomic E-state index is -0.925. The Labute approximate surface area is 115 Å². The lowest BCUT2D eigenvalue weighted by Gasteiger charge is -2.34. The first-order valence-electron chi connectivity index (χ1n) is 6.02. The van der Waals surface area contributed by atoms with Crippen molar-refractivity contribution < 1.29 is 15.0 Å². The molecule has 0 saturated heterocycles. The molecule has 3 N–H and O–H groups in total. The topological polar surface area (TPSA) is 69.6 Å². The molecular formula is C13H25NO3S. The molecule has 0 radical (unpaired) electrons. The first-order chi connectivity index (χ1) is 8.20. The van der Waals surface area contributed by atoms with Crippen LogP contribution >= 0.6 is 12.6 Å². The summed E-state index contributed by atoms with van der Waals surface area (Å²) in [6.07, 6.45) is 1.52. The fourth-order valence-corrected chi connectivity index (χ4v) is 2.03. The Morgan fingerprint density at radius 1 is 1.50 bits per heavy atom. The molecule has 18 heavy (non-hydrogen) atoms. The standard InChI is InChI=1S/C13H25NO3S/c1-5-12(2,3)8-13(4,9-18)11(17)14-6-10(16)7-15/h5,10,15-16,18H,1,6-9H2,2-4H3,(H,14,17). The molecule has 2 unspecified atom stereocenters. The van der Waals surface area contributed by atoms with Crippen LogP contribution in [0.3, 0.4) is 0 Å². The fourth-order valence-electron chi connectivity index (χ4n) is 1.77. The molecule has 0 aliphatic heterocycles. The smallest absolute Gasteiger partial charge is 0.226 e. The third kappa shape index (κ3) is 5.42. The van der Waals surface area contributed by atoms with Crippen LogP contribution in [-0.4, -0.2) is 41.1 Å². The summed E-state index contributed by atoms with van der Waals surface area (Å²) in [5.41, 5.74) is -0.791. The molecule has 0 saturated carbocycles. The Morgan fingerprint density at radius 3 is 2.44 bits per heavy atom. The molecule has 2 atom stereocenters. The van der Waals surface area contributed by atoms with Gasteiger partial charge in [-0.3, -0.25) is 4.79 Å². The number of rotatable bonds is 8. The van der Waals surface area contributed by atoms with Gasteiger partial charge in [-0.25, -0.2) is 0 Å². The fraction of sp³-hybridized carbons (Fsp3) is 0.769. The number of hydrogen-bond donors (Lipinski definition) is 4. The van der Waals surface area contributed by atoms with Crippen molar-refractivity contribution in [3.05, 3.63) is 12.7 Å². The zero-order valence-electron chi connectivity index (χ0n) is 11.4. The maximum Gasteiger partial charge on any atom is 0.226 e. The van der Waals surface area contributed by atoms with Crippen LogP contribution in [0.15, 0.2) is 12.7 Å². The average molecular weight is 275 g/mol. The predicted molar refractivity (Wildman–Crippen MR) is 76.7 cm³/mol. The normalized spacial score (nSPS) is 16.8. The van der Waals surface area contributed by atoms with E-state index in [0.717, 1.165) is 0 Å². The van der Waals surface area contributed by atoms with E-state index in [4.69, 9.17) is 5.11 Å². The van der Waals surface area contributed by atoms with Crippen LogP contribution in [0.1, 0.15) is 27.2 Å². The van der Waals surface area contributed by atoms with Crippen LogP contribution in [0.4, 0.5) is 0 Å². The first-order valence-corrected chi connectivity index (χ1v) is 6.65. The van der Waals surface area contributed by atoms with Crippen molar-refractivity contribution >= 4 is 18.5 Å². The van der Waals surface area contributed by atoms with Gasteiger partial charge in [-0.1, -0.05) is 19.9 Å². The van der Waals surface area contributed by atoms with Gasteiger partial charge in [-0.2, -0.15) is 12.6 Å². The van der Waals surface area contributed by atoms with E-state index in [0.29, 0.717) is 12.2 Å². The van der Waals surface area contributed by atoms with Gasteiger partial charge in [0.15, 0.2) is 0 Å². The SMILES string of the molecule is C=CC(C)(C)CC(C)(CS)C(=O)NCC(O)CO. The molecule has 0 heterocycles. The number of thiol groups is 1. The minimum Gasteiger partial charge on any atom is -0.394 e. The van der Waals surface area contributed by atoms with E-state index >= 15 is 0 Å². The lowest BCUT2D eigenvalue weighted by atomic mass is 9.74. The number of carbonyl (C=O) groups excluding carboxylic acids is 1. The average Bonchev–Trinajstić information content (AvgIpc) is 2.34. The van der Waals surface area contributed by atoms with Crippen molar-refractivity contribution in [3.8, 4) is 0 Å². The van der Waals surface area contributed by atoms with Crippen molar-refractivity contribution in [2.24, 2.45) is 10.8 Å². The summed E-state index contributed by atoms with van der Waals surface area (Å²) in [6.45, 7) is 9.31. The highest BCUT2D eigenvalue weighted by atomic mass is 32.1. The molecule has 0 fully saturated rings. The van der Waals surface area contributed by atoms with E-state index in [1.165, 1.54) is 0 Å². The highest BCUT2D eigenvalue weighted by molar-refractivity contribution is 7.80. The van der Waals surface area contributed by atoms with Crippen LogP contribution < -0.4 is 5.32 Å². The third-order valence-corrected chi connectivity index (χ3v) is 3.70. The van der Waals surface area contributed by atoms with Gasteiger partial charge in [0.2, 0.25) is 5.91 Å². The van der Waals surface area contributed by atoms with Gasteiger partial charge < -0.3 is 15.5 Å². The van der Waals surface area contributed by atoms with E-state index < -0.39 is 11.5 Å². The van der Waals surface area contributed by atoms with E-state index in [1.54, 1.807) is 0 Å². The maximum absolute atomic E-state index is 12.1. The Kier molecular flexibility index (Phi) is 6.96. The van der Waals surface area contributed by atoms with Crippen molar-refractivity contribution in [3.63, 3.8) is 0 Å². The molecule has 0 spiro atoms. The molecule has 1 amide bonds. The molecule has 0 aromatic rings. The number of allylic oxidation sites excluding steroid dienone is 1. The highest BCUT2D eigenvalue weighted by Gasteiger charge is 2.36. The summed E-state index contributed by atoms with van der Waals surface area (Å²) in [6, 6.07) is 0. The predicted octanol–water partition coefficient (Wildman–Crippen LogP) is 0.994. The van der Waals surface area contributed by atoms with Crippen molar-refractivity contribution in [2.45, 2.75) is 33.3 Å². The van der Waals surface area contributed by atoms with Crippen LogP contribution in [0.2, 0.25) is 0 Å². The second-order valence-electron chi connectivity index (χ2n) is 5.63. The Bertz CT molecular complexity index is 294. The lowest BCUT2D eigenvalue weighted by molar-refractivity contribution is -0.130. The summed E-state index contributed by atoms with van der Waals surface area (Å²) in [5.74, 6) is 0.241. The summed E-state index contributed by atoms with van der Waals surface area (Å²) in [4.78, 5) is 12.1. The molecule has 0 rings (SSSR count). The summed E-state index contributed by atoms with van der Waals surface area (Å²) in [7, 11) is 0. The van der Waals surface area contributed by atoms with Crippen molar-refractivity contribution in [1.82, 2.24) is 5.32 Å². The monoisotopic (exact) mass is 275 g/mol. The summed E-state index contributed by atoms with van der Waals surface area (Å²) >= 11 is 4.25. The molecule has 0 aromatic heterocycles. The van der Waals surface area contributed by atoms with E-state index in [-0.39, 0.29) is 24.5 Å². The number of hydrogen-bond acceptors (Lipinski definition) is 4. The maximum atomic E-state index is 12.1. The number of carbonyl (C=O) groups is 1. The Morgan fingerprint density at radius 2 is 2.06 bits per heavy atom. The van der Waals surface area contributed by atoms with Crippen LogP contribution in [0.5, 0.6) is 0 Å². The van der Waals surface area contributed by atoms with Crippen LogP contribution in [-0.2, 0) is 4.79 Å². The second kappa shape index (κ2) is 7.16. The number of amides is 1. The van der Waals surface area contributed by atoms with E-state index in [1.807, 2.05) is 26.8 Å². The molecule has 4 nitrogen and oxygen atoms in total. The second-order valence-corrected chi connectivity index (χ2v) is 5.95. The molecule has 0 aromatic carbocycles. The van der Waals surface area contributed by atoms with E-state index in [2.05, 4.69) is 24.5 Å². The highest BCUT2D eigenvalue weighted by Crippen LogP contribution is 2.35. The summed E-state index contributed by atoms with van der Waals surface area (Å²) in [5, 5.41) is 20.6. The molecular weight excluding hydrogens is 250 g/mol. The first kappa shape index (κ1) is 17.5.